The van der Waals surface area contributed by atoms with Crippen LogP contribution in [0.3, 0.4) is 0 Å². The molecule has 0 unspecified atom stereocenters. The molecule has 5 nitrogen and oxygen atoms in total. The van der Waals surface area contributed by atoms with Crippen molar-refractivity contribution in [3.8, 4) is 5.75 Å². The van der Waals surface area contributed by atoms with E-state index in [1.165, 1.54) is 0 Å². The van der Waals surface area contributed by atoms with Crippen LogP contribution >= 0.6 is 12.2 Å². The topological polar surface area (TPSA) is 53.6 Å². The van der Waals surface area contributed by atoms with Crippen molar-refractivity contribution in [2.24, 2.45) is 0 Å². The number of anilines is 1. The number of nitrogens with zero attached hydrogens (tertiary/aromatic N) is 1. The van der Waals surface area contributed by atoms with Gasteiger partial charge in [0, 0.05) is 12.7 Å². The lowest BCUT2D eigenvalue weighted by atomic mass is 9.92. The van der Waals surface area contributed by atoms with E-state index in [4.69, 9.17) is 17.0 Å². The number of methoxy groups -OCH3 is 1. The molecule has 3 aromatic carbocycles. The molecule has 2 N–H and O–H groups in total. The standard InChI is InChI=1S/C24H23N3O2S/c1-15-21(23(28)25-19-10-6-7-11-20(19)29-3)22(26-24(30)27(15)2)18-13-12-16-8-4-5-9-17(16)14-18/h4-14,22H,1-3H3,(H,25,28)(H,26,30)/t22-/m0/s1. The highest BCUT2D eigenvalue weighted by Gasteiger charge is 2.32. The predicted octanol–water partition coefficient (Wildman–Crippen LogP) is 4.62. The first-order valence-corrected chi connectivity index (χ1v) is 10.1. The summed E-state index contributed by atoms with van der Waals surface area (Å²) in [5, 5.41) is 9.18. The Morgan fingerprint density at radius 1 is 1.07 bits per heavy atom. The van der Waals surface area contributed by atoms with Crippen molar-refractivity contribution < 1.29 is 9.53 Å². The lowest BCUT2D eigenvalue weighted by Gasteiger charge is -2.36. The van der Waals surface area contributed by atoms with E-state index in [9.17, 15) is 4.79 Å². The molecule has 3 aromatic rings. The van der Waals surface area contributed by atoms with E-state index in [2.05, 4.69) is 34.9 Å². The van der Waals surface area contributed by atoms with Gasteiger partial charge in [0.25, 0.3) is 5.91 Å². The fourth-order valence-electron chi connectivity index (χ4n) is 3.70. The lowest BCUT2D eigenvalue weighted by Crippen LogP contribution is -2.46. The van der Waals surface area contributed by atoms with Crippen LogP contribution in [-0.4, -0.2) is 30.1 Å². The Bertz CT molecular complexity index is 1170. The van der Waals surface area contributed by atoms with Crippen molar-refractivity contribution in [3.63, 3.8) is 0 Å². The number of allylic oxidation sites excluding steroid dienone is 1. The van der Waals surface area contributed by atoms with Gasteiger partial charge < -0.3 is 20.3 Å². The molecule has 1 aliphatic rings. The number of benzene rings is 3. The van der Waals surface area contributed by atoms with Crippen LogP contribution in [-0.2, 0) is 4.79 Å². The molecule has 0 aromatic heterocycles. The van der Waals surface area contributed by atoms with Crippen LogP contribution in [0.2, 0.25) is 0 Å². The van der Waals surface area contributed by atoms with Crippen molar-refractivity contribution >= 4 is 39.7 Å². The molecular weight excluding hydrogens is 394 g/mol. The Balaban J connectivity index is 1.76. The van der Waals surface area contributed by atoms with Crippen LogP contribution < -0.4 is 15.4 Å². The number of rotatable bonds is 4. The number of para-hydroxylation sites is 2. The van der Waals surface area contributed by atoms with Gasteiger partial charge in [-0.1, -0.05) is 48.5 Å². The highest BCUT2D eigenvalue weighted by molar-refractivity contribution is 7.80. The van der Waals surface area contributed by atoms with Crippen molar-refractivity contribution in [1.29, 1.82) is 0 Å². The van der Waals surface area contributed by atoms with Crippen LogP contribution in [0.15, 0.2) is 78.0 Å². The summed E-state index contributed by atoms with van der Waals surface area (Å²) in [6.45, 7) is 1.92. The molecule has 0 fully saturated rings. The summed E-state index contributed by atoms with van der Waals surface area (Å²) in [5.74, 6) is 0.413. The molecule has 0 saturated heterocycles. The van der Waals surface area contributed by atoms with Crippen LogP contribution in [0.1, 0.15) is 18.5 Å². The molecule has 4 rings (SSSR count). The van der Waals surface area contributed by atoms with Crippen LogP contribution in [0.5, 0.6) is 5.75 Å². The van der Waals surface area contributed by atoms with Gasteiger partial charge in [-0.25, -0.2) is 0 Å². The van der Waals surface area contributed by atoms with E-state index in [0.29, 0.717) is 22.1 Å². The van der Waals surface area contributed by atoms with Gasteiger partial charge in [-0.3, -0.25) is 4.79 Å². The molecule has 1 amide bonds. The minimum absolute atomic E-state index is 0.197. The molecule has 30 heavy (non-hydrogen) atoms. The Kier molecular flexibility index (Phi) is 5.42. The normalized spacial score (nSPS) is 16.4. The Hall–Kier alpha value is -3.38. The monoisotopic (exact) mass is 417 g/mol. The average Bonchev–Trinajstić information content (AvgIpc) is 2.77. The molecule has 152 valence electrons. The number of thiocarbonyl (C=S) groups is 1. The number of fused-ring (bicyclic) bond motifs is 1. The number of ether oxygens (including phenoxy) is 1. The summed E-state index contributed by atoms with van der Waals surface area (Å²) >= 11 is 5.52. The van der Waals surface area contributed by atoms with E-state index < -0.39 is 0 Å². The van der Waals surface area contributed by atoms with E-state index in [1.807, 2.05) is 61.3 Å². The van der Waals surface area contributed by atoms with Crippen molar-refractivity contribution in [2.45, 2.75) is 13.0 Å². The first-order chi connectivity index (χ1) is 14.5. The van der Waals surface area contributed by atoms with Gasteiger partial charge >= 0.3 is 0 Å². The molecular formula is C24H23N3O2S. The predicted molar refractivity (Wildman–Crippen MR) is 125 cm³/mol. The maximum absolute atomic E-state index is 13.4. The zero-order valence-corrected chi connectivity index (χ0v) is 17.9. The van der Waals surface area contributed by atoms with E-state index in [1.54, 1.807) is 7.11 Å². The third-order valence-corrected chi connectivity index (χ3v) is 5.85. The second kappa shape index (κ2) is 8.16. The summed E-state index contributed by atoms with van der Waals surface area (Å²) in [7, 11) is 3.44. The average molecular weight is 418 g/mol. The molecule has 0 spiro atoms. The summed E-state index contributed by atoms with van der Waals surface area (Å²) in [4.78, 5) is 15.2. The number of hydrogen-bond acceptors (Lipinski definition) is 3. The van der Waals surface area contributed by atoms with Gasteiger partial charge in [0.1, 0.15) is 5.75 Å². The van der Waals surface area contributed by atoms with Crippen LogP contribution in [0.25, 0.3) is 10.8 Å². The zero-order chi connectivity index (χ0) is 21.3. The second-order valence-electron chi connectivity index (χ2n) is 7.20. The van der Waals surface area contributed by atoms with Gasteiger partial charge in [0.05, 0.1) is 24.4 Å². The minimum Gasteiger partial charge on any atom is -0.495 e. The smallest absolute Gasteiger partial charge is 0.255 e. The third kappa shape index (κ3) is 3.62. The molecule has 1 heterocycles. The molecule has 0 saturated carbocycles. The summed E-state index contributed by atoms with van der Waals surface area (Å²) in [5.41, 5.74) is 3.03. The highest BCUT2D eigenvalue weighted by atomic mass is 32.1. The van der Waals surface area contributed by atoms with Crippen molar-refractivity contribution in [1.82, 2.24) is 10.2 Å². The SMILES string of the molecule is COc1ccccc1NC(=O)C1=C(C)N(C)C(=S)N[C@H]1c1ccc2ccccc2c1. The van der Waals surface area contributed by atoms with E-state index >= 15 is 0 Å². The van der Waals surface area contributed by atoms with E-state index in [0.717, 1.165) is 22.0 Å². The first kappa shape index (κ1) is 19.9. The number of amides is 1. The number of carbonyl (C=O) groups is 1. The van der Waals surface area contributed by atoms with Crippen molar-refractivity contribution in [3.05, 3.63) is 83.6 Å². The Morgan fingerprint density at radius 3 is 2.53 bits per heavy atom. The summed E-state index contributed by atoms with van der Waals surface area (Å²) in [6.07, 6.45) is 0. The molecule has 0 aliphatic carbocycles. The fraction of sp³-hybridized carbons (Fsp3) is 0.167. The summed E-state index contributed by atoms with van der Waals surface area (Å²) in [6, 6.07) is 21.4. The highest BCUT2D eigenvalue weighted by Crippen LogP contribution is 2.33. The lowest BCUT2D eigenvalue weighted by molar-refractivity contribution is -0.113. The molecule has 6 heteroatoms. The maximum atomic E-state index is 13.4. The maximum Gasteiger partial charge on any atom is 0.255 e. The molecule has 1 atom stereocenters. The largest absolute Gasteiger partial charge is 0.495 e. The van der Waals surface area contributed by atoms with Gasteiger partial charge in [-0.05, 0) is 53.7 Å². The number of carbonyl (C=O) groups excluding carboxylic acids is 1. The van der Waals surface area contributed by atoms with Gasteiger partial charge in [-0.2, -0.15) is 0 Å². The fourth-order valence-corrected chi connectivity index (χ4v) is 3.96. The molecule has 0 bridgehead atoms. The molecule has 0 radical (unpaired) electrons. The van der Waals surface area contributed by atoms with E-state index in [-0.39, 0.29) is 11.9 Å². The number of hydrogen-bond donors (Lipinski definition) is 2. The van der Waals surface area contributed by atoms with Crippen molar-refractivity contribution in [2.75, 3.05) is 19.5 Å². The first-order valence-electron chi connectivity index (χ1n) is 9.67. The van der Waals surface area contributed by atoms with Crippen LogP contribution in [0, 0.1) is 0 Å². The minimum atomic E-state index is -0.354. The van der Waals surface area contributed by atoms with Gasteiger partial charge in [0.15, 0.2) is 5.11 Å². The Morgan fingerprint density at radius 2 is 1.77 bits per heavy atom. The Labute approximate surface area is 181 Å². The zero-order valence-electron chi connectivity index (χ0n) is 17.1. The summed E-state index contributed by atoms with van der Waals surface area (Å²) < 4.78 is 5.38. The third-order valence-electron chi connectivity index (χ3n) is 5.46. The molecule has 1 aliphatic heterocycles. The quantitative estimate of drug-likeness (QED) is 0.607. The number of nitrogens with one attached hydrogen (secondary N) is 2. The second-order valence-corrected chi connectivity index (χ2v) is 7.59. The van der Waals surface area contributed by atoms with Gasteiger partial charge in [0.2, 0.25) is 0 Å². The van der Waals surface area contributed by atoms with Crippen LogP contribution in [0.4, 0.5) is 5.69 Å². The van der Waals surface area contributed by atoms with Gasteiger partial charge in [-0.15, -0.1) is 0 Å².